The third kappa shape index (κ3) is 1.68. The molecule has 2 N–H and O–H groups in total. The molecule has 3 heteroatoms. The lowest BCUT2D eigenvalue weighted by Gasteiger charge is -2.32. The minimum absolute atomic E-state index is 0.0683. The molecule has 0 aromatic rings. The largest absolute Gasteiger partial charge is 0.396 e. The molecule has 0 aromatic heterocycles. The predicted molar refractivity (Wildman–Crippen MR) is 38.7 cm³/mol. The maximum absolute atomic E-state index is 9.30. The lowest BCUT2D eigenvalue weighted by molar-refractivity contribution is 0.00843. The molecule has 1 rings (SSSR count). The first-order valence-corrected chi connectivity index (χ1v) is 3.71. The molecule has 0 spiro atoms. The highest BCUT2D eigenvalue weighted by atomic mass is 16.3. The van der Waals surface area contributed by atoms with E-state index >= 15 is 0 Å². The zero-order chi connectivity index (χ0) is 7.56. The molecule has 3 nitrogen and oxygen atoms in total. The zero-order valence-corrected chi connectivity index (χ0v) is 6.32. The lowest BCUT2D eigenvalue weighted by atomic mass is 9.96. The molecular formula is C7H15NO2. The van der Waals surface area contributed by atoms with Gasteiger partial charge in [-0.3, -0.25) is 0 Å². The van der Waals surface area contributed by atoms with Gasteiger partial charge in [0.1, 0.15) is 0 Å². The molecule has 2 atom stereocenters. The Morgan fingerprint density at radius 2 is 2.30 bits per heavy atom. The van der Waals surface area contributed by atoms with E-state index in [0.717, 1.165) is 19.5 Å². The minimum Gasteiger partial charge on any atom is -0.396 e. The van der Waals surface area contributed by atoms with E-state index in [9.17, 15) is 5.11 Å². The van der Waals surface area contributed by atoms with Crippen LogP contribution in [0.3, 0.4) is 0 Å². The smallest absolute Gasteiger partial charge is 0.0614 e. The van der Waals surface area contributed by atoms with Crippen LogP contribution in [0, 0.1) is 5.92 Å². The molecule has 0 unspecified atom stereocenters. The van der Waals surface area contributed by atoms with Crippen LogP contribution in [0.1, 0.15) is 6.42 Å². The van der Waals surface area contributed by atoms with Crippen molar-refractivity contribution in [3.8, 4) is 0 Å². The summed E-state index contributed by atoms with van der Waals surface area (Å²) in [4.78, 5) is 2.13. The average molecular weight is 145 g/mol. The summed E-state index contributed by atoms with van der Waals surface area (Å²) >= 11 is 0. The van der Waals surface area contributed by atoms with Gasteiger partial charge in [-0.1, -0.05) is 0 Å². The topological polar surface area (TPSA) is 43.7 Å². The second-order valence-electron chi connectivity index (χ2n) is 3.06. The molecule has 1 saturated heterocycles. The molecule has 0 aromatic carbocycles. The summed E-state index contributed by atoms with van der Waals surface area (Å²) in [5, 5.41) is 18.1. The first-order chi connectivity index (χ1) is 4.74. The Morgan fingerprint density at radius 1 is 1.60 bits per heavy atom. The van der Waals surface area contributed by atoms with E-state index in [4.69, 9.17) is 5.11 Å². The van der Waals surface area contributed by atoms with Gasteiger partial charge in [0.15, 0.2) is 0 Å². The summed E-state index contributed by atoms with van der Waals surface area (Å²) in [5.74, 6) is 0.0683. The van der Waals surface area contributed by atoms with E-state index < -0.39 is 0 Å². The van der Waals surface area contributed by atoms with Crippen LogP contribution in [-0.2, 0) is 0 Å². The second-order valence-corrected chi connectivity index (χ2v) is 3.06. The number of piperidine rings is 1. The van der Waals surface area contributed by atoms with Crippen molar-refractivity contribution in [2.75, 3.05) is 26.7 Å². The molecule has 60 valence electrons. The number of nitrogens with zero attached hydrogens (tertiary/aromatic N) is 1. The van der Waals surface area contributed by atoms with Crippen LogP contribution in [0.4, 0.5) is 0 Å². The number of rotatable bonds is 1. The van der Waals surface area contributed by atoms with Crippen molar-refractivity contribution in [1.82, 2.24) is 4.90 Å². The van der Waals surface area contributed by atoms with Gasteiger partial charge in [0.25, 0.3) is 0 Å². The minimum atomic E-state index is -0.291. The van der Waals surface area contributed by atoms with Crippen LogP contribution in [-0.4, -0.2) is 48.0 Å². The molecule has 1 aliphatic rings. The predicted octanol–water partition coefficient (Wildman–Crippen LogP) is -0.709. The van der Waals surface area contributed by atoms with Gasteiger partial charge in [0.2, 0.25) is 0 Å². The van der Waals surface area contributed by atoms with E-state index in [2.05, 4.69) is 4.90 Å². The summed E-state index contributed by atoms with van der Waals surface area (Å²) in [6, 6.07) is 0. The van der Waals surface area contributed by atoms with Gasteiger partial charge < -0.3 is 15.1 Å². The number of aliphatic hydroxyl groups excluding tert-OH is 2. The average Bonchev–Trinajstić information content (AvgIpc) is 1.94. The van der Waals surface area contributed by atoms with E-state index in [0.29, 0.717) is 0 Å². The van der Waals surface area contributed by atoms with Gasteiger partial charge in [-0.15, -0.1) is 0 Å². The number of likely N-dealkylation sites (tertiary alicyclic amines) is 1. The Bertz CT molecular complexity index is 108. The summed E-state index contributed by atoms with van der Waals surface area (Å²) < 4.78 is 0. The van der Waals surface area contributed by atoms with Crippen molar-refractivity contribution in [2.24, 2.45) is 5.92 Å². The molecule has 0 saturated carbocycles. The van der Waals surface area contributed by atoms with Crippen molar-refractivity contribution in [2.45, 2.75) is 12.5 Å². The second kappa shape index (κ2) is 3.32. The van der Waals surface area contributed by atoms with Gasteiger partial charge in [0, 0.05) is 25.6 Å². The van der Waals surface area contributed by atoms with Crippen LogP contribution < -0.4 is 0 Å². The number of hydrogen-bond acceptors (Lipinski definition) is 3. The highest BCUT2D eigenvalue weighted by molar-refractivity contribution is 4.77. The summed E-state index contributed by atoms with van der Waals surface area (Å²) in [7, 11) is 2.01. The quantitative estimate of drug-likeness (QED) is 0.512. The lowest BCUT2D eigenvalue weighted by Crippen LogP contribution is -2.42. The van der Waals surface area contributed by atoms with Crippen molar-refractivity contribution in [3.05, 3.63) is 0 Å². The van der Waals surface area contributed by atoms with Gasteiger partial charge >= 0.3 is 0 Å². The maximum atomic E-state index is 9.30. The molecule has 10 heavy (non-hydrogen) atoms. The summed E-state index contributed by atoms with van der Waals surface area (Å²) in [6.45, 7) is 1.86. The van der Waals surface area contributed by atoms with E-state index in [-0.39, 0.29) is 18.6 Å². The van der Waals surface area contributed by atoms with Crippen LogP contribution in [0.2, 0.25) is 0 Å². The van der Waals surface area contributed by atoms with Crippen LogP contribution in [0.5, 0.6) is 0 Å². The van der Waals surface area contributed by atoms with E-state index in [1.807, 2.05) is 7.05 Å². The number of aliphatic hydroxyl groups is 2. The van der Waals surface area contributed by atoms with Gasteiger partial charge in [-0.05, 0) is 13.5 Å². The standard InChI is InChI=1S/C7H15NO2/c1-8-3-2-7(10)6(4-8)5-9/h6-7,9-10H,2-5H2,1H3/t6-,7-/m1/s1. The Labute approximate surface area is 61.3 Å². The highest BCUT2D eigenvalue weighted by Gasteiger charge is 2.24. The highest BCUT2D eigenvalue weighted by Crippen LogP contribution is 2.14. The van der Waals surface area contributed by atoms with Crippen LogP contribution >= 0.6 is 0 Å². The molecule has 1 heterocycles. The van der Waals surface area contributed by atoms with Crippen LogP contribution in [0.15, 0.2) is 0 Å². The molecule has 0 aliphatic carbocycles. The Kier molecular flexibility index (Phi) is 2.65. The maximum Gasteiger partial charge on any atom is 0.0614 e. The van der Waals surface area contributed by atoms with E-state index in [1.54, 1.807) is 0 Å². The van der Waals surface area contributed by atoms with Crippen molar-refractivity contribution in [1.29, 1.82) is 0 Å². The Balaban J connectivity index is 2.38. The van der Waals surface area contributed by atoms with Gasteiger partial charge in [-0.25, -0.2) is 0 Å². The summed E-state index contributed by atoms with van der Waals surface area (Å²) in [6.07, 6.45) is 0.503. The SMILES string of the molecule is CN1CC[C@@H](O)[C@@H](CO)C1. The Hall–Kier alpha value is -0.120. The first kappa shape index (κ1) is 7.98. The van der Waals surface area contributed by atoms with Crippen LogP contribution in [0.25, 0.3) is 0 Å². The first-order valence-electron chi connectivity index (χ1n) is 3.71. The zero-order valence-electron chi connectivity index (χ0n) is 6.32. The van der Waals surface area contributed by atoms with Crippen molar-refractivity contribution < 1.29 is 10.2 Å². The third-order valence-electron chi connectivity index (χ3n) is 2.13. The van der Waals surface area contributed by atoms with Crippen molar-refractivity contribution >= 4 is 0 Å². The fourth-order valence-electron chi connectivity index (χ4n) is 1.38. The summed E-state index contributed by atoms with van der Waals surface area (Å²) in [5.41, 5.74) is 0. The molecule has 0 amide bonds. The Morgan fingerprint density at radius 3 is 2.80 bits per heavy atom. The third-order valence-corrected chi connectivity index (χ3v) is 2.13. The van der Waals surface area contributed by atoms with E-state index in [1.165, 1.54) is 0 Å². The van der Waals surface area contributed by atoms with Crippen molar-refractivity contribution in [3.63, 3.8) is 0 Å². The molecule has 1 fully saturated rings. The fourth-order valence-corrected chi connectivity index (χ4v) is 1.38. The number of hydrogen-bond donors (Lipinski definition) is 2. The molecule has 1 aliphatic heterocycles. The molecular weight excluding hydrogens is 130 g/mol. The monoisotopic (exact) mass is 145 g/mol. The van der Waals surface area contributed by atoms with Gasteiger partial charge in [0.05, 0.1) is 6.10 Å². The fraction of sp³-hybridized carbons (Fsp3) is 1.00. The molecule has 0 bridgehead atoms. The normalized spacial score (nSPS) is 36.3. The molecule has 0 radical (unpaired) electrons. The van der Waals surface area contributed by atoms with Gasteiger partial charge in [-0.2, -0.15) is 0 Å².